The van der Waals surface area contributed by atoms with Crippen molar-refractivity contribution in [1.29, 1.82) is 0 Å². The number of hydrogen-bond acceptors (Lipinski definition) is 4. The second kappa shape index (κ2) is 8.13. The van der Waals surface area contributed by atoms with Crippen LogP contribution in [0.25, 0.3) is 0 Å². The summed E-state index contributed by atoms with van der Waals surface area (Å²) >= 11 is 0. The molecule has 0 spiro atoms. The first-order valence-electron chi connectivity index (χ1n) is 9.11. The topological polar surface area (TPSA) is 19.0 Å². The maximum absolute atomic E-state index is 5.75. The van der Waals surface area contributed by atoms with E-state index in [-0.39, 0.29) is 0 Å². The first kappa shape index (κ1) is 16.7. The zero-order chi connectivity index (χ0) is 16.1. The Morgan fingerprint density at radius 3 is 2.61 bits per heavy atom. The number of rotatable bonds is 6. The van der Waals surface area contributed by atoms with Crippen LogP contribution in [0.5, 0.6) is 5.75 Å². The normalized spacial score (nSPS) is 23.7. The Kier molecular flexibility index (Phi) is 5.92. The van der Waals surface area contributed by atoms with Crippen LogP contribution in [0.15, 0.2) is 24.3 Å². The van der Waals surface area contributed by atoms with Crippen LogP contribution < -0.4 is 4.74 Å². The molecule has 2 saturated heterocycles. The summed E-state index contributed by atoms with van der Waals surface area (Å²) in [6.45, 7) is 11.3. The van der Waals surface area contributed by atoms with Crippen LogP contribution in [0.3, 0.4) is 0 Å². The standard InChI is InChI=1S/C19H31N3O/c1-3-4-13-23-19-7-5-17(6-8-19)14-21-10-12-22-11-9-20(2)15-18(22)16-21/h5-8,18H,3-4,9-16H2,1-2H3/t18-/m1/s1. The van der Waals surface area contributed by atoms with Crippen LogP contribution in [0.1, 0.15) is 25.3 Å². The third-order valence-electron chi connectivity index (χ3n) is 5.08. The van der Waals surface area contributed by atoms with Crippen molar-refractivity contribution < 1.29 is 4.74 Å². The van der Waals surface area contributed by atoms with Gasteiger partial charge in [-0.05, 0) is 31.2 Å². The summed E-state index contributed by atoms with van der Waals surface area (Å²) in [5.41, 5.74) is 1.39. The number of piperazine rings is 2. The van der Waals surface area contributed by atoms with Gasteiger partial charge in [0.15, 0.2) is 0 Å². The lowest BCUT2D eigenvalue weighted by Gasteiger charge is -2.46. The number of fused-ring (bicyclic) bond motifs is 1. The van der Waals surface area contributed by atoms with Crippen LogP contribution in [-0.2, 0) is 6.54 Å². The van der Waals surface area contributed by atoms with Crippen molar-refractivity contribution in [1.82, 2.24) is 14.7 Å². The van der Waals surface area contributed by atoms with E-state index >= 15 is 0 Å². The van der Waals surface area contributed by atoms with Crippen LogP contribution in [0.2, 0.25) is 0 Å². The Morgan fingerprint density at radius 1 is 1.04 bits per heavy atom. The van der Waals surface area contributed by atoms with E-state index in [1.165, 1.54) is 51.3 Å². The van der Waals surface area contributed by atoms with Crippen LogP contribution in [0.4, 0.5) is 0 Å². The smallest absolute Gasteiger partial charge is 0.119 e. The highest BCUT2D eigenvalue weighted by atomic mass is 16.5. The molecule has 2 heterocycles. The molecule has 4 heteroatoms. The predicted octanol–water partition coefficient (Wildman–Crippen LogP) is 2.30. The summed E-state index contributed by atoms with van der Waals surface area (Å²) in [7, 11) is 2.24. The lowest BCUT2D eigenvalue weighted by Crippen LogP contribution is -2.60. The zero-order valence-corrected chi connectivity index (χ0v) is 14.7. The Bertz CT molecular complexity index is 476. The first-order chi connectivity index (χ1) is 11.2. The van der Waals surface area contributed by atoms with E-state index in [2.05, 4.69) is 52.9 Å². The quantitative estimate of drug-likeness (QED) is 0.749. The minimum absolute atomic E-state index is 0.708. The number of likely N-dealkylation sites (N-methyl/N-ethyl adjacent to an activating group) is 1. The molecule has 128 valence electrons. The van der Waals surface area contributed by atoms with Gasteiger partial charge in [-0.1, -0.05) is 25.5 Å². The van der Waals surface area contributed by atoms with Gasteiger partial charge in [0.2, 0.25) is 0 Å². The van der Waals surface area contributed by atoms with Crippen LogP contribution >= 0.6 is 0 Å². The van der Waals surface area contributed by atoms with Crippen LogP contribution in [-0.4, -0.2) is 73.7 Å². The molecule has 3 rings (SSSR count). The maximum Gasteiger partial charge on any atom is 0.119 e. The summed E-state index contributed by atoms with van der Waals surface area (Å²) in [5, 5.41) is 0. The van der Waals surface area contributed by atoms with E-state index in [9.17, 15) is 0 Å². The van der Waals surface area contributed by atoms with Gasteiger partial charge in [-0.2, -0.15) is 0 Å². The average Bonchev–Trinajstić information content (AvgIpc) is 2.56. The van der Waals surface area contributed by atoms with Gasteiger partial charge in [0.1, 0.15) is 5.75 Å². The average molecular weight is 317 g/mol. The lowest BCUT2D eigenvalue weighted by molar-refractivity contribution is 0.0175. The lowest BCUT2D eigenvalue weighted by atomic mass is 10.1. The SMILES string of the molecule is CCCCOc1ccc(CN2CCN3CCN(C)C[C@@H]3C2)cc1. The summed E-state index contributed by atoms with van der Waals surface area (Å²) in [6, 6.07) is 9.39. The summed E-state index contributed by atoms with van der Waals surface area (Å²) < 4.78 is 5.75. The zero-order valence-electron chi connectivity index (χ0n) is 14.7. The summed E-state index contributed by atoms with van der Waals surface area (Å²) in [4.78, 5) is 7.74. The molecule has 2 aliphatic heterocycles. The van der Waals surface area contributed by atoms with E-state index in [4.69, 9.17) is 4.74 Å². The predicted molar refractivity (Wildman–Crippen MR) is 95.0 cm³/mol. The minimum Gasteiger partial charge on any atom is -0.494 e. The highest BCUT2D eigenvalue weighted by Gasteiger charge is 2.30. The molecule has 0 saturated carbocycles. The second-order valence-electron chi connectivity index (χ2n) is 7.03. The molecule has 0 unspecified atom stereocenters. The molecule has 0 bridgehead atoms. The van der Waals surface area contributed by atoms with Crippen LogP contribution in [0, 0.1) is 0 Å². The fourth-order valence-corrected chi connectivity index (χ4v) is 3.60. The fraction of sp³-hybridized carbons (Fsp3) is 0.684. The molecule has 0 N–H and O–H groups in total. The molecule has 0 aliphatic carbocycles. The molecule has 0 aromatic heterocycles. The van der Waals surface area contributed by atoms with Crippen molar-refractivity contribution in [3.05, 3.63) is 29.8 Å². The molecule has 0 amide bonds. The van der Waals surface area contributed by atoms with Gasteiger partial charge in [0, 0.05) is 51.9 Å². The first-order valence-corrected chi connectivity index (χ1v) is 9.11. The number of benzene rings is 1. The third kappa shape index (κ3) is 4.69. The fourth-order valence-electron chi connectivity index (χ4n) is 3.60. The molecule has 1 aromatic rings. The number of unbranched alkanes of at least 4 members (excludes halogenated alkanes) is 1. The van der Waals surface area contributed by atoms with Crippen molar-refractivity contribution in [2.75, 3.05) is 52.9 Å². The molecule has 2 aliphatic rings. The Labute approximate surface area is 141 Å². The van der Waals surface area contributed by atoms with Gasteiger partial charge >= 0.3 is 0 Å². The monoisotopic (exact) mass is 317 g/mol. The largest absolute Gasteiger partial charge is 0.494 e. The third-order valence-corrected chi connectivity index (χ3v) is 5.08. The number of ether oxygens (including phenoxy) is 1. The minimum atomic E-state index is 0.708. The molecule has 1 atom stereocenters. The Balaban J connectivity index is 1.49. The van der Waals surface area contributed by atoms with Gasteiger partial charge in [-0.15, -0.1) is 0 Å². The van der Waals surface area contributed by atoms with Gasteiger partial charge in [0.25, 0.3) is 0 Å². The molecule has 2 fully saturated rings. The molecular formula is C19H31N3O. The molecular weight excluding hydrogens is 286 g/mol. The van der Waals surface area contributed by atoms with E-state index in [0.717, 1.165) is 25.3 Å². The van der Waals surface area contributed by atoms with E-state index < -0.39 is 0 Å². The van der Waals surface area contributed by atoms with Crippen molar-refractivity contribution in [3.63, 3.8) is 0 Å². The van der Waals surface area contributed by atoms with E-state index in [1.807, 2.05) is 0 Å². The molecule has 0 radical (unpaired) electrons. The molecule has 4 nitrogen and oxygen atoms in total. The number of hydrogen-bond donors (Lipinski definition) is 0. The highest BCUT2D eigenvalue weighted by molar-refractivity contribution is 5.27. The highest BCUT2D eigenvalue weighted by Crippen LogP contribution is 2.18. The van der Waals surface area contributed by atoms with Gasteiger partial charge in [0.05, 0.1) is 6.61 Å². The van der Waals surface area contributed by atoms with Crippen molar-refractivity contribution >= 4 is 0 Å². The van der Waals surface area contributed by atoms with Gasteiger partial charge < -0.3 is 9.64 Å². The van der Waals surface area contributed by atoms with E-state index in [0.29, 0.717) is 6.04 Å². The Hall–Kier alpha value is -1.10. The Morgan fingerprint density at radius 2 is 1.83 bits per heavy atom. The van der Waals surface area contributed by atoms with Crippen molar-refractivity contribution in [2.24, 2.45) is 0 Å². The van der Waals surface area contributed by atoms with Gasteiger partial charge in [-0.25, -0.2) is 0 Å². The van der Waals surface area contributed by atoms with E-state index in [1.54, 1.807) is 0 Å². The van der Waals surface area contributed by atoms with Crippen molar-refractivity contribution in [2.45, 2.75) is 32.4 Å². The molecule has 23 heavy (non-hydrogen) atoms. The molecule has 1 aromatic carbocycles. The van der Waals surface area contributed by atoms with Gasteiger partial charge in [-0.3, -0.25) is 9.80 Å². The second-order valence-corrected chi connectivity index (χ2v) is 7.03. The summed E-state index contributed by atoms with van der Waals surface area (Å²) in [5.74, 6) is 1.00. The number of nitrogens with zero attached hydrogens (tertiary/aromatic N) is 3. The maximum atomic E-state index is 5.75. The van der Waals surface area contributed by atoms with Crippen molar-refractivity contribution in [3.8, 4) is 5.75 Å². The summed E-state index contributed by atoms with van der Waals surface area (Å²) in [6.07, 6.45) is 2.31.